The number of allylic oxidation sites excluding steroid dienone is 4. The van der Waals surface area contributed by atoms with Crippen LogP contribution in [0.25, 0.3) is 0 Å². The molecule has 0 aliphatic carbocycles. The van der Waals surface area contributed by atoms with Crippen LogP contribution >= 0.6 is 0 Å². The Balaban J connectivity index is 0.000000714. The first kappa shape index (κ1) is 43.3. The maximum atomic E-state index is 11.1. The van der Waals surface area contributed by atoms with Gasteiger partial charge in [0.25, 0.3) is 0 Å². The van der Waals surface area contributed by atoms with E-state index in [1.165, 1.54) is 27.8 Å². The molecule has 0 aliphatic heterocycles. The van der Waals surface area contributed by atoms with E-state index in [1.54, 1.807) is 26.0 Å². The molecule has 0 aliphatic rings. The quantitative estimate of drug-likeness (QED) is 0.139. The van der Waals surface area contributed by atoms with Crippen molar-refractivity contribution in [1.82, 2.24) is 0 Å². The smallest absolute Gasteiger partial charge is 0.876 e. The molecule has 0 spiro atoms. The Hall–Kier alpha value is -2.66. The molecular weight excluding hydrogens is 593 g/mol. The summed E-state index contributed by atoms with van der Waals surface area (Å²) in [7, 11) is 0. The summed E-state index contributed by atoms with van der Waals surface area (Å²) in [5.74, 6) is 1.75. The Morgan fingerprint density at radius 1 is 0.500 bits per heavy atom. The van der Waals surface area contributed by atoms with Gasteiger partial charge < -0.3 is 10.2 Å². The third-order valence-corrected chi connectivity index (χ3v) is 7.03. The SMILES string of the molecule is CC(/C=C(/C)[O-])=Nc1c(C(C)C)cccc1C(C)C.CC(/C=C(/C)[O-])=Nc1c(C(C)C)cccc1C(C)C.Cc1ccccc1.[Ca+2]. The van der Waals surface area contributed by atoms with Crippen LogP contribution in [0, 0.1) is 6.92 Å². The molecule has 0 saturated carbocycles. The predicted octanol–water partition coefficient (Wildman–Crippen LogP) is 10.2. The van der Waals surface area contributed by atoms with Crippen molar-refractivity contribution >= 4 is 60.5 Å². The maximum Gasteiger partial charge on any atom is 2.00 e. The first-order valence-electron chi connectivity index (χ1n) is 16.1. The molecule has 3 aromatic rings. The second-order valence-electron chi connectivity index (χ2n) is 12.9. The molecule has 0 atom stereocenters. The van der Waals surface area contributed by atoms with Gasteiger partial charge in [0, 0.05) is 11.4 Å². The molecule has 244 valence electrons. The van der Waals surface area contributed by atoms with Gasteiger partial charge >= 0.3 is 37.7 Å². The summed E-state index contributed by atoms with van der Waals surface area (Å²) in [6.45, 7) is 26.3. The van der Waals surface area contributed by atoms with Gasteiger partial charge in [-0.1, -0.05) is 154 Å². The molecule has 0 heterocycles. The molecule has 0 aromatic heterocycles. The van der Waals surface area contributed by atoms with Gasteiger partial charge in [0.2, 0.25) is 0 Å². The molecule has 3 rings (SSSR count). The van der Waals surface area contributed by atoms with Crippen LogP contribution in [0.4, 0.5) is 11.4 Å². The molecule has 0 radical (unpaired) electrons. The van der Waals surface area contributed by atoms with Gasteiger partial charge in [0.05, 0.1) is 11.4 Å². The number of hydrogen-bond donors (Lipinski definition) is 0. The molecule has 0 amide bonds. The Labute approximate surface area is 310 Å². The van der Waals surface area contributed by atoms with Crippen LogP contribution in [-0.2, 0) is 0 Å². The number of nitrogens with zero attached hydrogens (tertiary/aromatic N) is 2. The van der Waals surface area contributed by atoms with E-state index in [9.17, 15) is 10.2 Å². The monoisotopic (exact) mass is 648 g/mol. The van der Waals surface area contributed by atoms with Crippen LogP contribution in [0.15, 0.2) is 100 Å². The van der Waals surface area contributed by atoms with Gasteiger partial charge in [-0.25, -0.2) is 0 Å². The van der Waals surface area contributed by atoms with Crippen molar-refractivity contribution in [3.8, 4) is 0 Å². The number of para-hydroxylation sites is 2. The van der Waals surface area contributed by atoms with E-state index in [2.05, 4.69) is 121 Å². The molecule has 0 N–H and O–H groups in total. The fourth-order valence-corrected chi connectivity index (χ4v) is 4.82. The van der Waals surface area contributed by atoms with Gasteiger partial charge in [-0.3, -0.25) is 9.98 Å². The third kappa shape index (κ3) is 15.8. The molecule has 46 heavy (non-hydrogen) atoms. The average molecular weight is 649 g/mol. The topological polar surface area (TPSA) is 70.8 Å². The van der Waals surface area contributed by atoms with Crippen molar-refractivity contribution in [2.45, 2.75) is 114 Å². The predicted molar refractivity (Wildman–Crippen MR) is 199 cm³/mol. The second kappa shape index (κ2) is 22.0. The summed E-state index contributed by atoms with van der Waals surface area (Å²) >= 11 is 0. The van der Waals surface area contributed by atoms with Crippen molar-refractivity contribution < 1.29 is 10.2 Å². The summed E-state index contributed by atoms with van der Waals surface area (Å²) in [5.41, 5.74) is 9.87. The van der Waals surface area contributed by atoms with E-state index in [4.69, 9.17) is 0 Å². The second-order valence-corrected chi connectivity index (χ2v) is 12.9. The molecule has 5 heteroatoms. The Kier molecular flexibility index (Phi) is 20.7. The van der Waals surface area contributed by atoms with Gasteiger partial charge in [-0.05, 0) is 66.7 Å². The van der Waals surface area contributed by atoms with Crippen LogP contribution in [0.3, 0.4) is 0 Å². The third-order valence-electron chi connectivity index (χ3n) is 7.03. The Morgan fingerprint density at radius 2 is 0.783 bits per heavy atom. The summed E-state index contributed by atoms with van der Waals surface area (Å²) in [5, 5.41) is 22.3. The minimum atomic E-state index is 0. The van der Waals surface area contributed by atoms with Crippen LogP contribution in [0.5, 0.6) is 0 Å². The van der Waals surface area contributed by atoms with Gasteiger partial charge in [-0.15, -0.1) is 11.5 Å². The van der Waals surface area contributed by atoms with Crippen LogP contribution in [0.1, 0.15) is 135 Å². The van der Waals surface area contributed by atoms with E-state index >= 15 is 0 Å². The molecule has 0 bridgehead atoms. The van der Waals surface area contributed by atoms with E-state index < -0.39 is 0 Å². The van der Waals surface area contributed by atoms with Gasteiger partial charge in [-0.2, -0.15) is 0 Å². The standard InChI is InChI=1S/2C17H25NO.C7H8.Ca/c2*1-11(2)15-8-7-9-16(12(3)4)17(15)18-13(5)10-14(6)19;1-7-5-3-2-4-6-7;/h2*7-12,19H,1-6H3;2-6H,1H3;/q;;;+2/p-2/b2*14-10-,18-13?;;. The van der Waals surface area contributed by atoms with Crippen molar-refractivity contribution in [2.75, 3.05) is 0 Å². The average Bonchev–Trinajstić information content (AvgIpc) is 2.93. The summed E-state index contributed by atoms with van der Waals surface area (Å²) in [6.07, 6.45) is 3.17. The molecule has 0 unspecified atom stereocenters. The number of hydrogen-bond acceptors (Lipinski definition) is 4. The van der Waals surface area contributed by atoms with E-state index in [-0.39, 0.29) is 49.3 Å². The zero-order valence-corrected chi connectivity index (χ0v) is 32.9. The summed E-state index contributed by atoms with van der Waals surface area (Å²) < 4.78 is 0. The maximum absolute atomic E-state index is 11.1. The summed E-state index contributed by atoms with van der Waals surface area (Å²) in [4.78, 5) is 9.36. The fraction of sp³-hybridized carbons (Fsp3) is 0.415. The minimum Gasteiger partial charge on any atom is -0.876 e. The van der Waals surface area contributed by atoms with Crippen molar-refractivity contribution in [3.63, 3.8) is 0 Å². The number of rotatable bonds is 8. The Bertz CT molecular complexity index is 1310. The van der Waals surface area contributed by atoms with Crippen molar-refractivity contribution in [3.05, 3.63) is 118 Å². The zero-order chi connectivity index (χ0) is 34.3. The minimum absolute atomic E-state index is 0. The molecule has 3 aromatic carbocycles. The normalized spacial score (nSPS) is 12.5. The van der Waals surface area contributed by atoms with Crippen molar-refractivity contribution in [1.29, 1.82) is 0 Å². The molecule has 0 saturated heterocycles. The Morgan fingerprint density at radius 3 is 0.978 bits per heavy atom. The number of benzene rings is 3. The first-order chi connectivity index (χ1) is 21.0. The van der Waals surface area contributed by atoms with Crippen molar-refractivity contribution in [2.24, 2.45) is 9.98 Å². The number of aryl methyl sites for hydroxylation is 1. The largest absolute Gasteiger partial charge is 2.00 e. The van der Waals surface area contributed by atoms with Crippen LogP contribution in [-0.4, -0.2) is 49.2 Å². The molecule has 0 fully saturated rings. The molecule has 4 nitrogen and oxygen atoms in total. The van der Waals surface area contributed by atoms with E-state index in [0.717, 1.165) is 22.8 Å². The van der Waals surface area contributed by atoms with Gasteiger partial charge in [0.15, 0.2) is 0 Å². The van der Waals surface area contributed by atoms with Gasteiger partial charge in [0.1, 0.15) is 0 Å². The van der Waals surface area contributed by atoms with Crippen LogP contribution in [0.2, 0.25) is 0 Å². The first-order valence-corrected chi connectivity index (χ1v) is 16.1. The zero-order valence-electron chi connectivity index (χ0n) is 30.7. The van der Waals surface area contributed by atoms with E-state index in [1.807, 2.05) is 32.0 Å². The number of aliphatic imine (C=N–C) groups is 2. The molecular formula is C41H56CaN2O2. The fourth-order valence-electron chi connectivity index (χ4n) is 4.82. The van der Waals surface area contributed by atoms with Crippen LogP contribution < -0.4 is 10.2 Å². The summed E-state index contributed by atoms with van der Waals surface area (Å²) in [6, 6.07) is 22.9. The van der Waals surface area contributed by atoms with E-state index in [0.29, 0.717) is 23.7 Å².